The van der Waals surface area contributed by atoms with Gasteiger partial charge in [0.05, 0.1) is 6.04 Å². The Morgan fingerprint density at radius 1 is 0.871 bits per heavy atom. The first-order valence-electron chi connectivity index (χ1n) is 10.7. The standard InChI is InChI=1S/C24H29N3O4/c25-22(29)20(17-12-6-2-7-13-17)27-24(31)21(28)19(16-10-4-1-5-11-16)26-23(30)18-14-8-3-9-15-18/h1,3-5,8-11,14-15,17,19-21,28H,2,6-7,12-13H2,(H2,25,29)(H,26,30)(H,27,31)/t19-,20+,21+/m0/s1. The Morgan fingerprint density at radius 3 is 2.03 bits per heavy atom. The number of amides is 3. The number of hydrogen-bond acceptors (Lipinski definition) is 4. The topological polar surface area (TPSA) is 122 Å². The molecule has 0 aromatic heterocycles. The van der Waals surface area contributed by atoms with Crippen LogP contribution in [0.3, 0.4) is 0 Å². The lowest BCUT2D eigenvalue weighted by Gasteiger charge is -2.31. The second-order valence-corrected chi connectivity index (χ2v) is 7.96. The molecule has 164 valence electrons. The van der Waals surface area contributed by atoms with E-state index in [1.165, 1.54) is 0 Å². The number of nitrogens with one attached hydrogen (secondary N) is 2. The lowest BCUT2D eigenvalue weighted by Crippen LogP contribution is -2.54. The minimum absolute atomic E-state index is 0.0449. The summed E-state index contributed by atoms with van der Waals surface area (Å²) in [5.41, 5.74) is 6.54. The van der Waals surface area contributed by atoms with Gasteiger partial charge in [-0.1, -0.05) is 67.8 Å². The van der Waals surface area contributed by atoms with E-state index in [1.807, 2.05) is 0 Å². The molecule has 0 saturated heterocycles. The van der Waals surface area contributed by atoms with Crippen molar-refractivity contribution in [3.8, 4) is 0 Å². The summed E-state index contributed by atoms with van der Waals surface area (Å²) >= 11 is 0. The number of benzene rings is 2. The minimum Gasteiger partial charge on any atom is -0.381 e. The van der Waals surface area contributed by atoms with Crippen molar-refractivity contribution < 1.29 is 19.5 Å². The van der Waals surface area contributed by atoms with Crippen molar-refractivity contribution in [2.75, 3.05) is 0 Å². The van der Waals surface area contributed by atoms with Gasteiger partial charge in [-0.3, -0.25) is 14.4 Å². The van der Waals surface area contributed by atoms with Crippen molar-refractivity contribution >= 4 is 17.7 Å². The van der Waals surface area contributed by atoms with E-state index in [1.54, 1.807) is 60.7 Å². The molecule has 5 N–H and O–H groups in total. The Morgan fingerprint density at radius 2 is 1.45 bits per heavy atom. The number of primary amides is 1. The zero-order valence-corrected chi connectivity index (χ0v) is 17.4. The van der Waals surface area contributed by atoms with Gasteiger partial charge in [0.1, 0.15) is 6.04 Å². The molecule has 0 bridgehead atoms. The van der Waals surface area contributed by atoms with Crippen LogP contribution in [-0.4, -0.2) is 35.0 Å². The van der Waals surface area contributed by atoms with Gasteiger partial charge in [-0.25, -0.2) is 0 Å². The predicted octanol–water partition coefficient (Wildman–Crippen LogP) is 2.07. The Kier molecular flexibility index (Phi) is 7.78. The summed E-state index contributed by atoms with van der Waals surface area (Å²) < 4.78 is 0. The van der Waals surface area contributed by atoms with Gasteiger partial charge in [-0.2, -0.15) is 0 Å². The normalized spacial score (nSPS) is 17.2. The van der Waals surface area contributed by atoms with E-state index < -0.39 is 35.9 Å². The molecule has 0 heterocycles. The molecule has 7 heteroatoms. The highest BCUT2D eigenvalue weighted by Crippen LogP contribution is 2.27. The first-order valence-corrected chi connectivity index (χ1v) is 10.7. The SMILES string of the molecule is NC(=O)[C@H](NC(=O)[C@H](O)[C@@H](NC(=O)c1ccccc1)c1ccccc1)C1CCCCC1. The predicted molar refractivity (Wildman–Crippen MR) is 117 cm³/mol. The van der Waals surface area contributed by atoms with Crippen LogP contribution in [0.25, 0.3) is 0 Å². The van der Waals surface area contributed by atoms with E-state index in [2.05, 4.69) is 10.6 Å². The highest BCUT2D eigenvalue weighted by molar-refractivity contribution is 5.95. The molecule has 0 radical (unpaired) electrons. The molecule has 7 nitrogen and oxygen atoms in total. The summed E-state index contributed by atoms with van der Waals surface area (Å²) in [5.74, 6) is -1.81. The van der Waals surface area contributed by atoms with Crippen LogP contribution in [-0.2, 0) is 9.59 Å². The molecule has 2 aromatic rings. The quantitative estimate of drug-likeness (QED) is 0.519. The monoisotopic (exact) mass is 423 g/mol. The van der Waals surface area contributed by atoms with E-state index in [-0.39, 0.29) is 5.92 Å². The molecule has 1 fully saturated rings. The van der Waals surface area contributed by atoms with Crippen molar-refractivity contribution in [3.05, 3.63) is 71.8 Å². The van der Waals surface area contributed by atoms with Crippen molar-refractivity contribution in [2.24, 2.45) is 11.7 Å². The minimum atomic E-state index is -1.60. The summed E-state index contributed by atoms with van der Waals surface area (Å²) in [4.78, 5) is 37.6. The fourth-order valence-corrected chi connectivity index (χ4v) is 4.10. The van der Waals surface area contributed by atoms with Crippen LogP contribution < -0.4 is 16.4 Å². The Labute approximate surface area is 182 Å². The molecule has 0 unspecified atom stereocenters. The summed E-state index contributed by atoms with van der Waals surface area (Å²) in [6, 6.07) is 15.5. The lowest BCUT2D eigenvalue weighted by atomic mass is 9.83. The van der Waals surface area contributed by atoms with Gasteiger partial charge in [-0.15, -0.1) is 0 Å². The highest BCUT2D eigenvalue weighted by atomic mass is 16.3. The van der Waals surface area contributed by atoms with Gasteiger partial charge in [-0.05, 0) is 36.5 Å². The van der Waals surface area contributed by atoms with Crippen LogP contribution >= 0.6 is 0 Å². The van der Waals surface area contributed by atoms with Gasteiger partial charge >= 0.3 is 0 Å². The number of carbonyl (C=O) groups excluding carboxylic acids is 3. The zero-order chi connectivity index (χ0) is 22.2. The van der Waals surface area contributed by atoms with Crippen molar-refractivity contribution in [1.82, 2.24) is 10.6 Å². The van der Waals surface area contributed by atoms with E-state index in [9.17, 15) is 19.5 Å². The van der Waals surface area contributed by atoms with Crippen LogP contribution in [0.2, 0.25) is 0 Å². The molecule has 1 aliphatic rings. The molecule has 3 amide bonds. The number of aliphatic hydroxyl groups is 1. The fourth-order valence-electron chi connectivity index (χ4n) is 4.10. The maximum absolute atomic E-state index is 12.9. The second-order valence-electron chi connectivity index (χ2n) is 7.96. The maximum Gasteiger partial charge on any atom is 0.252 e. The van der Waals surface area contributed by atoms with Crippen molar-refractivity contribution in [1.29, 1.82) is 0 Å². The van der Waals surface area contributed by atoms with Gasteiger partial charge in [0, 0.05) is 5.56 Å². The molecular weight excluding hydrogens is 394 g/mol. The Bertz CT molecular complexity index is 882. The molecular formula is C24H29N3O4. The van der Waals surface area contributed by atoms with Gasteiger partial charge in [0.15, 0.2) is 6.10 Å². The van der Waals surface area contributed by atoms with E-state index in [4.69, 9.17) is 5.73 Å². The van der Waals surface area contributed by atoms with Gasteiger partial charge < -0.3 is 21.5 Å². The smallest absolute Gasteiger partial charge is 0.252 e. The first kappa shape index (κ1) is 22.5. The first-order chi connectivity index (χ1) is 15.0. The number of rotatable bonds is 8. The highest BCUT2D eigenvalue weighted by Gasteiger charge is 2.34. The molecule has 3 atom stereocenters. The largest absolute Gasteiger partial charge is 0.381 e. The summed E-state index contributed by atoms with van der Waals surface area (Å²) in [7, 11) is 0. The summed E-state index contributed by atoms with van der Waals surface area (Å²) in [5, 5.41) is 16.3. The molecule has 3 rings (SSSR count). The second kappa shape index (κ2) is 10.7. The number of nitrogens with two attached hydrogens (primary N) is 1. The summed E-state index contributed by atoms with van der Waals surface area (Å²) in [6.45, 7) is 0. The van der Waals surface area contributed by atoms with E-state index >= 15 is 0 Å². The molecule has 0 spiro atoms. The Hall–Kier alpha value is -3.19. The number of aliphatic hydroxyl groups excluding tert-OH is 1. The average Bonchev–Trinajstić information content (AvgIpc) is 2.81. The van der Waals surface area contributed by atoms with Crippen LogP contribution in [0.4, 0.5) is 0 Å². The molecule has 1 aliphatic carbocycles. The third-order valence-corrected chi connectivity index (χ3v) is 5.79. The van der Waals surface area contributed by atoms with Crippen molar-refractivity contribution in [3.63, 3.8) is 0 Å². The molecule has 0 aliphatic heterocycles. The van der Waals surface area contributed by atoms with Crippen LogP contribution in [0.5, 0.6) is 0 Å². The lowest BCUT2D eigenvalue weighted by molar-refractivity contribution is -0.135. The van der Waals surface area contributed by atoms with Gasteiger partial charge in [0.2, 0.25) is 5.91 Å². The number of carbonyl (C=O) groups is 3. The fraction of sp³-hybridized carbons (Fsp3) is 0.375. The third kappa shape index (κ3) is 5.92. The zero-order valence-electron chi connectivity index (χ0n) is 17.4. The maximum atomic E-state index is 12.9. The van der Waals surface area contributed by atoms with E-state index in [0.29, 0.717) is 11.1 Å². The van der Waals surface area contributed by atoms with E-state index in [0.717, 1.165) is 32.1 Å². The molecule has 31 heavy (non-hydrogen) atoms. The van der Waals surface area contributed by atoms with Crippen LogP contribution in [0.1, 0.15) is 54.1 Å². The van der Waals surface area contributed by atoms with Crippen molar-refractivity contribution in [2.45, 2.75) is 50.3 Å². The van der Waals surface area contributed by atoms with Crippen LogP contribution in [0.15, 0.2) is 60.7 Å². The summed E-state index contributed by atoms with van der Waals surface area (Å²) in [6.07, 6.45) is 3.06. The third-order valence-electron chi connectivity index (χ3n) is 5.79. The number of hydrogen-bond donors (Lipinski definition) is 4. The Balaban J connectivity index is 1.78. The van der Waals surface area contributed by atoms with Crippen LogP contribution in [0, 0.1) is 5.92 Å². The van der Waals surface area contributed by atoms with Gasteiger partial charge in [0.25, 0.3) is 11.8 Å². The molecule has 1 saturated carbocycles. The molecule has 2 aromatic carbocycles. The average molecular weight is 424 g/mol.